The zero-order valence-corrected chi connectivity index (χ0v) is 19.0. The minimum atomic E-state index is -0.368. The fraction of sp³-hybridized carbons (Fsp3) is 0.318. The van der Waals surface area contributed by atoms with Gasteiger partial charge < -0.3 is 24.4 Å². The Balaban J connectivity index is 1.53. The van der Waals surface area contributed by atoms with Crippen LogP contribution in [0.4, 0.5) is 9.80 Å². The molecule has 1 aromatic carbocycles. The Labute approximate surface area is 192 Å². The highest BCUT2D eigenvalue weighted by Gasteiger charge is 2.30. The number of nitrogens with zero attached hydrogens (tertiary/aromatic N) is 2. The van der Waals surface area contributed by atoms with Crippen molar-refractivity contribution in [2.45, 2.75) is 19.9 Å². The van der Waals surface area contributed by atoms with Gasteiger partial charge in [-0.05, 0) is 31.0 Å². The van der Waals surface area contributed by atoms with Gasteiger partial charge in [0.25, 0.3) is 5.91 Å². The largest absolute Gasteiger partial charge is 0.494 e. The molecule has 2 amide bonds. The number of ether oxygens (including phenoxy) is 3. The molecule has 10 heteroatoms. The van der Waals surface area contributed by atoms with Crippen LogP contribution in [0, 0.1) is 0 Å². The molecule has 2 aliphatic heterocycles. The fourth-order valence-corrected chi connectivity index (χ4v) is 6.09. The first kappa shape index (κ1) is 20.8. The van der Waals surface area contributed by atoms with Crippen LogP contribution in [0.25, 0.3) is 20.8 Å². The number of carbonyl (C=O) groups is 2. The first-order valence-electron chi connectivity index (χ1n) is 10.3. The van der Waals surface area contributed by atoms with E-state index in [2.05, 4.69) is 5.32 Å². The lowest BCUT2D eigenvalue weighted by molar-refractivity contribution is -0.117. The van der Waals surface area contributed by atoms with Gasteiger partial charge in [0.05, 0.1) is 23.4 Å². The van der Waals surface area contributed by atoms with E-state index in [-0.39, 0.29) is 17.8 Å². The van der Waals surface area contributed by atoms with Crippen molar-refractivity contribution in [3.8, 4) is 10.6 Å². The molecule has 1 N–H and O–H groups in total. The lowest BCUT2D eigenvalue weighted by Crippen LogP contribution is -2.35. The summed E-state index contributed by atoms with van der Waals surface area (Å²) in [5.74, 6) is -0.223. The summed E-state index contributed by atoms with van der Waals surface area (Å²) < 4.78 is 16.9. The third-order valence-corrected chi connectivity index (χ3v) is 7.38. The summed E-state index contributed by atoms with van der Waals surface area (Å²) in [5, 5.41) is 4.53. The molecule has 0 fully saturated rings. The number of anilines is 1. The molecular formula is C22H21N3O5S2. The van der Waals surface area contributed by atoms with Crippen LogP contribution in [0.1, 0.15) is 17.4 Å². The van der Waals surface area contributed by atoms with Crippen molar-refractivity contribution in [1.82, 2.24) is 9.88 Å². The number of amides is 2. The summed E-state index contributed by atoms with van der Waals surface area (Å²) in [4.78, 5) is 32.6. The van der Waals surface area contributed by atoms with Gasteiger partial charge in [-0.15, -0.1) is 22.7 Å². The van der Waals surface area contributed by atoms with E-state index in [1.165, 1.54) is 17.6 Å². The predicted octanol–water partition coefficient (Wildman–Crippen LogP) is 4.37. The maximum absolute atomic E-state index is 12.8. The van der Waals surface area contributed by atoms with E-state index in [0.717, 1.165) is 31.2 Å². The number of para-hydroxylation sites is 1. The number of aromatic nitrogens is 1. The van der Waals surface area contributed by atoms with Gasteiger partial charge in [0, 0.05) is 17.0 Å². The summed E-state index contributed by atoms with van der Waals surface area (Å²) in [6.07, 6.45) is 1.68. The molecule has 0 unspecified atom stereocenters. The third-order valence-electron chi connectivity index (χ3n) is 5.19. The molecule has 8 nitrogen and oxygen atoms in total. The van der Waals surface area contributed by atoms with Crippen LogP contribution in [-0.4, -0.2) is 48.2 Å². The molecular weight excluding hydrogens is 450 g/mol. The second kappa shape index (κ2) is 8.79. The summed E-state index contributed by atoms with van der Waals surface area (Å²) in [5.41, 5.74) is 2.94. The molecule has 0 saturated heterocycles. The van der Waals surface area contributed by atoms with Crippen molar-refractivity contribution in [2.75, 3.05) is 31.7 Å². The maximum atomic E-state index is 12.8. The van der Waals surface area contributed by atoms with Gasteiger partial charge >= 0.3 is 6.09 Å². The molecule has 5 rings (SSSR count). The lowest BCUT2D eigenvalue weighted by Gasteiger charge is -2.26. The van der Waals surface area contributed by atoms with E-state index < -0.39 is 0 Å². The van der Waals surface area contributed by atoms with E-state index >= 15 is 0 Å². The smallest absolute Gasteiger partial charge is 0.410 e. The second-order valence-corrected chi connectivity index (χ2v) is 9.36. The van der Waals surface area contributed by atoms with E-state index in [4.69, 9.17) is 19.2 Å². The van der Waals surface area contributed by atoms with Crippen molar-refractivity contribution in [1.29, 1.82) is 0 Å². The standard InChI is InChI=1S/C22H21N3O5S2/c1-2-29-22(27)25-8-7-13-17(11-25)32-21(24-19(26)15-12-28-9-10-30-15)18(13)20-23-14-5-3-4-6-16(14)31-20/h3-6,12H,2,7-11H2,1H3,(H,24,26). The molecule has 2 aromatic heterocycles. The number of carbonyl (C=O) groups excluding carboxylic acids is 2. The number of hydrogen-bond acceptors (Lipinski definition) is 8. The van der Waals surface area contributed by atoms with Crippen LogP contribution in [0.5, 0.6) is 0 Å². The van der Waals surface area contributed by atoms with Gasteiger partial charge in [-0.2, -0.15) is 0 Å². The normalized spacial score (nSPS) is 15.4. The molecule has 0 bridgehead atoms. The Hall–Kier alpha value is -3.11. The quantitative estimate of drug-likeness (QED) is 0.608. The molecule has 0 radical (unpaired) electrons. The van der Waals surface area contributed by atoms with Crippen molar-refractivity contribution < 1.29 is 23.8 Å². The van der Waals surface area contributed by atoms with Crippen LogP contribution in [0.2, 0.25) is 0 Å². The molecule has 0 saturated carbocycles. The minimum Gasteiger partial charge on any atom is -0.494 e. The van der Waals surface area contributed by atoms with E-state index in [1.807, 2.05) is 24.3 Å². The van der Waals surface area contributed by atoms with Crippen molar-refractivity contribution in [3.05, 3.63) is 46.7 Å². The average molecular weight is 472 g/mol. The zero-order chi connectivity index (χ0) is 22.1. The summed E-state index contributed by atoms with van der Waals surface area (Å²) in [7, 11) is 0. The highest BCUT2D eigenvalue weighted by Crippen LogP contribution is 2.45. The minimum absolute atomic E-state index is 0.144. The molecule has 32 heavy (non-hydrogen) atoms. The van der Waals surface area contributed by atoms with E-state index in [1.54, 1.807) is 23.2 Å². The molecule has 0 aliphatic carbocycles. The second-order valence-electron chi connectivity index (χ2n) is 7.22. The summed E-state index contributed by atoms with van der Waals surface area (Å²) in [6.45, 7) is 3.88. The lowest BCUT2D eigenvalue weighted by atomic mass is 10.0. The molecule has 166 valence electrons. The Bertz CT molecular complexity index is 1180. The van der Waals surface area contributed by atoms with Gasteiger partial charge in [-0.1, -0.05) is 12.1 Å². The van der Waals surface area contributed by atoms with E-state index in [9.17, 15) is 9.59 Å². The number of nitrogens with one attached hydrogen (secondary N) is 1. The number of thiophene rings is 1. The van der Waals surface area contributed by atoms with Gasteiger partial charge in [0.1, 0.15) is 29.5 Å². The monoisotopic (exact) mass is 471 g/mol. The Kier molecular flexibility index (Phi) is 5.71. The van der Waals surface area contributed by atoms with Crippen LogP contribution in [0.15, 0.2) is 36.3 Å². The summed E-state index contributed by atoms with van der Waals surface area (Å²) >= 11 is 3.05. The van der Waals surface area contributed by atoms with Gasteiger partial charge in [-0.25, -0.2) is 9.78 Å². The number of hydrogen-bond donors (Lipinski definition) is 1. The Morgan fingerprint density at radius 1 is 1.25 bits per heavy atom. The number of thiazole rings is 1. The van der Waals surface area contributed by atoms with Gasteiger partial charge in [-0.3, -0.25) is 4.79 Å². The van der Waals surface area contributed by atoms with Crippen molar-refractivity contribution in [3.63, 3.8) is 0 Å². The number of fused-ring (bicyclic) bond motifs is 2. The predicted molar refractivity (Wildman–Crippen MR) is 123 cm³/mol. The Morgan fingerprint density at radius 3 is 2.91 bits per heavy atom. The van der Waals surface area contributed by atoms with Crippen molar-refractivity contribution >= 4 is 49.9 Å². The highest BCUT2D eigenvalue weighted by atomic mass is 32.1. The average Bonchev–Trinajstić information content (AvgIpc) is 3.39. The van der Waals surface area contributed by atoms with Crippen molar-refractivity contribution in [2.24, 2.45) is 0 Å². The first-order chi connectivity index (χ1) is 15.6. The topological polar surface area (TPSA) is 90.0 Å². The van der Waals surface area contributed by atoms with Crippen LogP contribution in [-0.2, 0) is 32.0 Å². The number of benzene rings is 1. The zero-order valence-electron chi connectivity index (χ0n) is 17.4. The van der Waals surface area contributed by atoms with Crippen LogP contribution in [0.3, 0.4) is 0 Å². The highest BCUT2D eigenvalue weighted by molar-refractivity contribution is 7.23. The molecule has 4 heterocycles. The first-order valence-corrected chi connectivity index (χ1v) is 12.0. The molecule has 3 aromatic rings. The van der Waals surface area contributed by atoms with Gasteiger partial charge in [0.2, 0.25) is 5.76 Å². The molecule has 0 spiro atoms. The molecule has 0 atom stereocenters. The van der Waals surface area contributed by atoms with E-state index in [0.29, 0.717) is 44.3 Å². The third kappa shape index (κ3) is 3.91. The fourth-order valence-electron chi connectivity index (χ4n) is 3.72. The number of rotatable bonds is 4. The molecule has 2 aliphatic rings. The SMILES string of the molecule is CCOC(=O)N1CCc2c(sc(NC(=O)C3=COCCO3)c2-c2nc3ccccc3s2)C1. The van der Waals surface area contributed by atoms with Gasteiger partial charge in [0.15, 0.2) is 0 Å². The van der Waals surface area contributed by atoms with Crippen LogP contribution < -0.4 is 5.32 Å². The maximum Gasteiger partial charge on any atom is 0.410 e. The van der Waals surface area contributed by atoms with Crippen LogP contribution >= 0.6 is 22.7 Å². The summed E-state index contributed by atoms with van der Waals surface area (Å²) in [6, 6.07) is 7.96. The Morgan fingerprint density at radius 2 is 2.12 bits per heavy atom.